The van der Waals surface area contributed by atoms with Crippen LogP contribution in [0.3, 0.4) is 0 Å². The maximum absolute atomic E-state index is 14.0. The van der Waals surface area contributed by atoms with Crippen molar-refractivity contribution in [2.24, 2.45) is 5.92 Å². The van der Waals surface area contributed by atoms with Crippen LogP contribution in [-0.4, -0.2) is 13.9 Å². The van der Waals surface area contributed by atoms with Gasteiger partial charge in [-0.25, -0.2) is 4.39 Å². The third kappa shape index (κ3) is 7.05. The van der Waals surface area contributed by atoms with Gasteiger partial charge in [-0.2, -0.15) is 0 Å². The van der Waals surface area contributed by atoms with Crippen LogP contribution in [0.25, 0.3) is 0 Å². The van der Waals surface area contributed by atoms with Gasteiger partial charge in [0.25, 0.3) is 0 Å². The Kier molecular flexibility index (Phi) is 9.56. The number of carbonyl (C=O) groups is 1. The Labute approximate surface area is 164 Å². The third-order valence-corrected chi connectivity index (χ3v) is 4.35. The number of unbranched alkanes of at least 4 members (excludes halogenated alkanes) is 1. The number of benzene rings is 2. The van der Waals surface area contributed by atoms with E-state index in [1.807, 2.05) is 18.2 Å². The highest BCUT2D eigenvalue weighted by molar-refractivity contribution is 6.31. The second-order valence-corrected chi connectivity index (χ2v) is 6.81. The molecule has 0 saturated heterocycles. The number of hydrogen-bond acceptors (Lipinski definition) is 1. The fourth-order valence-electron chi connectivity index (χ4n) is 2.63. The summed E-state index contributed by atoms with van der Waals surface area (Å²) in [6, 6.07) is 15.1. The Morgan fingerprint density at radius 2 is 1.78 bits per heavy atom. The molecule has 0 saturated carbocycles. The average molecular weight is 365 g/mol. The molecule has 0 bridgehead atoms. The summed E-state index contributed by atoms with van der Waals surface area (Å²) in [5, 5.41) is 0. The lowest BCUT2D eigenvalue weighted by Crippen LogP contribution is -2.35. The molecule has 0 aliphatic heterocycles. The van der Waals surface area contributed by atoms with E-state index in [4.69, 9.17) is 7.98 Å². The number of carbonyl (C=O) groups excluding carboxylic acids is 1. The van der Waals surface area contributed by atoms with Gasteiger partial charge in [-0.3, -0.25) is 4.79 Å². The summed E-state index contributed by atoms with van der Waals surface area (Å²) in [4.78, 5) is 13.3. The van der Waals surface area contributed by atoms with Gasteiger partial charge < -0.3 is 4.81 Å². The van der Waals surface area contributed by atoms with Gasteiger partial charge in [-0.05, 0) is 38.8 Å². The lowest BCUT2D eigenvalue weighted by Gasteiger charge is -2.25. The Morgan fingerprint density at radius 1 is 1.15 bits per heavy atom. The molecule has 0 N–H and O–H groups in total. The number of rotatable bonds is 6. The highest BCUT2D eigenvalue weighted by atomic mass is 19.1. The maximum atomic E-state index is 14.0. The SMILES string of the molecule is Cc1ccccc1.[B]N(C(=O)C(CCCC)C(=C)C)c1cccc(C)c1F. The average Bonchev–Trinajstić information content (AvgIpc) is 2.64. The second-order valence-electron chi connectivity index (χ2n) is 6.81. The van der Waals surface area contributed by atoms with E-state index >= 15 is 0 Å². The van der Waals surface area contributed by atoms with Gasteiger partial charge in [-0.15, -0.1) is 0 Å². The lowest BCUT2D eigenvalue weighted by atomic mass is 9.92. The van der Waals surface area contributed by atoms with E-state index in [2.05, 4.69) is 32.6 Å². The van der Waals surface area contributed by atoms with Crippen molar-refractivity contribution in [1.29, 1.82) is 0 Å². The summed E-state index contributed by atoms with van der Waals surface area (Å²) in [5.41, 5.74) is 2.65. The van der Waals surface area contributed by atoms with Crippen molar-refractivity contribution in [3.05, 3.63) is 77.6 Å². The molecule has 0 aromatic heterocycles. The van der Waals surface area contributed by atoms with Crippen molar-refractivity contribution < 1.29 is 9.18 Å². The van der Waals surface area contributed by atoms with E-state index < -0.39 is 5.82 Å². The van der Waals surface area contributed by atoms with Crippen molar-refractivity contribution in [3.8, 4) is 0 Å². The van der Waals surface area contributed by atoms with Gasteiger partial charge in [0.05, 0.1) is 11.6 Å². The predicted molar refractivity (Wildman–Crippen MR) is 113 cm³/mol. The first-order valence-electron chi connectivity index (χ1n) is 9.30. The van der Waals surface area contributed by atoms with Crippen LogP contribution in [0.4, 0.5) is 10.1 Å². The summed E-state index contributed by atoms with van der Waals surface area (Å²) in [7, 11) is 5.82. The van der Waals surface area contributed by atoms with Crippen molar-refractivity contribution >= 4 is 19.6 Å². The molecule has 2 rings (SSSR count). The van der Waals surface area contributed by atoms with Crippen LogP contribution in [-0.2, 0) is 4.79 Å². The molecule has 1 amide bonds. The molecule has 2 aromatic rings. The summed E-state index contributed by atoms with van der Waals surface area (Å²) in [6.07, 6.45) is 2.58. The van der Waals surface area contributed by atoms with Crippen molar-refractivity contribution in [1.82, 2.24) is 0 Å². The van der Waals surface area contributed by atoms with E-state index in [9.17, 15) is 9.18 Å². The zero-order chi connectivity index (χ0) is 20.4. The topological polar surface area (TPSA) is 20.3 Å². The molecule has 0 heterocycles. The number of anilines is 1. The Balaban J connectivity index is 0.000000433. The molecule has 2 aromatic carbocycles. The number of aryl methyl sites for hydroxylation is 2. The molecule has 0 aliphatic carbocycles. The first-order valence-corrected chi connectivity index (χ1v) is 9.30. The minimum Gasteiger partial charge on any atom is -0.366 e. The first kappa shape index (κ1) is 22.7. The van der Waals surface area contributed by atoms with Gasteiger partial charge in [0, 0.05) is 0 Å². The van der Waals surface area contributed by atoms with Gasteiger partial charge >= 0.3 is 0 Å². The van der Waals surface area contributed by atoms with E-state index in [1.54, 1.807) is 26.0 Å². The Hall–Kier alpha value is -2.36. The fourth-order valence-corrected chi connectivity index (χ4v) is 2.63. The molecule has 142 valence electrons. The van der Waals surface area contributed by atoms with E-state index in [0.29, 0.717) is 12.0 Å². The monoisotopic (exact) mass is 365 g/mol. The largest absolute Gasteiger partial charge is 0.366 e. The highest BCUT2D eigenvalue weighted by Crippen LogP contribution is 2.25. The van der Waals surface area contributed by atoms with Crippen LogP contribution in [0.1, 0.15) is 44.2 Å². The molecular formula is C23H29BFNO. The Bertz CT molecular complexity index is 745. The van der Waals surface area contributed by atoms with E-state index in [-0.39, 0.29) is 17.5 Å². The van der Waals surface area contributed by atoms with Crippen molar-refractivity contribution in [2.45, 2.75) is 47.0 Å². The summed E-state index contributed by atoms with van der Waals surface area (Å²) < 4.78 is 14.0. The third-order valence-electron chi connectivity index (χ3n) is 4.35. The number of nitrogens with zero attached hydrogens (tertiary/aromatic N) is 1. The van der Waals surface area contributed by atoms with Crippen LogP contribution in [0.5, 0.6) is 0 Å². The standard InChI is InChI=1S/C16H21BFNO.C7H8/c1-5-6-9-13(11(2)3)16(20)19(17)14-10-7-8-12(4)15(14)18;1-7-5-3-2-4-6-7/h7-8,10,13H,2,5-6,9H2,1,3-4H3;2-6H,1H3. The molecule has 2 nitrogen and oxygen atoms in total. The van der Waals surface area contributed by atoms with E-state index in [1.165, 1.54) is 11.6 Å². The van der Waals surface area contributed by atoms with Crippen molar-refractivity contribution in [2.75, 3.05) is 4.81 Å². The van der Waals surface area contributed by atoms with Gasteiger partial charge in [0.2, 0.25) is 13.9 Å². The maximum Gasteiger partial charge on any atom is 0.238 e. The van der Waals surface area contributed by atoms with E-state index in [0.717, 1.165) is 23.2 Å². The molecule has 0 aliphatic rings. The predicted octanol–water partition coefficient (Wildman–Crippen LogP) is 5.93. The van der Waals surface area contributed by atoms with Gasteiger partial charge in [0.15, 0.2) is 0 Å². The molecule has 0 spiro atoms. The minimum absolute atomic E-state index is 0.109. The van der Waals surface area contributed by atoms with Crippen LogP contribution in [0.2, 0.25) is 0 Å². The minimum atomic E-state index is -0.459. The van der Waals surface area contributed by atoms with Crippen LogP contribution in [0.15, 0.2) is 60.7 Å². The summed E-state index contributed by atoms with van der Waals surface area (Å²) in [6.45, 7) is 11.4. The number of amides is 1. The smallest absolute Gasteiger partial charge is 0.238 e. The quantitative estimate of drug-likeness (QED) is 0.459. The molecule has 2 radical (unpaired) electrons. The summed E-state index contributed by atoms with van der Waals surface area (Å²) in [5.74, 6) is -1.13. The highest BCUT2D eigenvalue weighted by Gasteiger charge is 2.24. The summed E-state index contributed by atoms with van der Waals surface area (Å²) >= 11 is 0. The first-order chi connectivity index (χ1) is 12.8. The second kappa shape index (κ2) is 11.4. The van der Waals surface area contributed by atoms with Crippen LogP contribution < -0.4 is 4.81 Å². The van der Waals surface area contributed by atoms with Crippen LogP contribution >= 0.6 is 0 Å². The van der Waals surface area contributed by atoms with Gasteiger partial charge in [0.1, 0.15) is 5.82 Å². The molecular weight excluding hydrogens is 336 g/mol. The lowest BCUT2D eigenvalue weighted by molar-refractivity contribution is -0.120. The number of hydrogen-bond donors (Lipinski definition) is 0. The molecule has 4 heteroatoms. The normalized spacial score (nSPS) is 11.1. The molecule has 27 heavy (non-hydrogen) atoms. The van der Waals surface area contributed by atoms with Crippen molar-refractivity contribution in [3.63, 3.8) is 0 Å². The zero-order valence-electron chi connectivity index (χ0n) is 16.8. The zero-order valence-corrected chi connectivity index (χ0v) is 16.8. The fraction of sp³-hybridized carbons (Fsp3) is 0.348. The molecule has 0 fully saturated rings. The van der Waals surface area contributed by atoms with Crippen LogP contribution in [0, 0.1) is 25.6 Å². The molecule has 1 atom stereocenters. The van der Waals surface area contributed by atoms with Gasteiger partial charge in [-0.1, -0.05) is 79.9 Å². The number of halogens is 1. The molecule has 1 unspecified atom stereocenters. The Morgan fingerprint density at radius 3 is 2.26 bits per heavy atom.